The number of thiazole rings is 1. The Morgan fingerprint density at radius 2 is 1.86 bits per heavy atom. The number of amides is 2. The molecule has 1 aromatic carbocycles. The topological polar surface area (TPSA) is 71.1 Å². The Kier molecular flexibility index (Phi) is 5.89. The van der Waals surface area contributed by atoms with Crippen LogP contribution in [0.5, 0.6) is 0 Å². The first-order valence-corrected chi connectivity index (χ1v) is 11.4. The molecule has 0 fully saturated rings. The Morgan fingerprint density at radius 1 is 1.07 bits per heavy atom. The Bertz CT molecular complexity index is 1010. The van der Waals surface area contributed by atoms with Gasteiger partial charge in [-0.3, -0.25) is 9.59 Å². The highest BCUT2D eigenvalue weighted by atomic mass is 79.9. The second-order valence-electron chi connectivity index (χ2n) is 6.50. The van der Waals surface area contributed by atoms with Crippen LogP contribution in [-0.4, -0.2) is 16.8 Å². The lowest BCUT2D eigenvalue weighted by Gasteiger charge is -2.13. The maximum atomic E-state index is 13.0. The van der Waals surface area contributed by atoms with E-state index in [0.717, 1.165) is 40.0 Å². The van der Waals surface area contributed by atoms with E-state index in [1.54, 1.807) is 18.3 Å². The summed E-state index contributed by atoms with van der Waals surface area (Å²) < 4.78 is 0.792. The number of carbonyl (C=O) groups excluding carboxylic acids is 2. The Labute approximate surface area is 179 Å². The average Bonchev–Trinajstić information content (AvgIpc) is 3.29. The zero-order chi connectivity index (χ0) is 19.5. The van der Waals surface area contributed by atoms with Crippen LogP contribution >= 0.6 is 38.6 Å². The van der Waals surface area contributed by atoms with Crippen LogP contribution in [0, 0.1) is 0 Å². The minimum absolute atomic E-state index is 0.146. The van der Waals surface area contributed by atoms with Gasteiger partial charge in [0.25, 0.3) is 11.8 Å². The smallest absolute Gasteiger partial charge is 0.256 e. The molecule has 0 unspecified atom stereocenters. The first-order valence-electron chi connectivity index (χ1n) is 9.01. The fourth-order valence-electron chi connectivity index (χ4n) is 3.28. The van der Waals surface area contributed by atoms with Crippen LogP contribution < -0.4 is 10.6 Å². The number of rotatable bonds is 5. The summed E-state index contributed by atoms with van der Waals surface area (Å²) in [6.07, 6.45) is 5.77. The fraction of sp³-hybridized carbons (Fsp3) is 0.250. The number of anilines is 1. The van der Waals surface area contributed by atoms with Crippen LogP contribution in [0.15, 0.2) is 40.4 Å². The highest BCUT2D eigenvalue weighted by Gasteiger charge is 2.26. The van der Waals surface area contributed by atoms with Gasteiger partial charge >= 0.3 is 0 Å². The molecule has 28 heavy (non-hydrogen) atoms. The molecule has 2 aromatic heterocycles. The van der Waals surface area contributed by atoms with E-state index < -0.39 is 0 Å². The summed E-state index contributed by atoms with van der Waals surface area (Å²) in [5, 5.41) is 6.60. The largest absolute Gasteiger partial charge is 0.347 e. The molecule has 8 heteroatoms. The van der Waals surface area contributed by atoms with Gasteiger partial charge in [0.05, 0.1) is 12.1 Å². The first-order chi connectivity index (χ1) is 13.6. The van der Waals surface area contributed by atoms with Crippen molar-refractivity contribution in [3.05, 3.63) is 66.9 Å². The standard InChI is InChI=1S/C20H18BrN3O2S2/c21-20-23-11-13(27-20)10-22-18(26)16-14-8-4-5-9-15(14)28-19(16)24-17(25)12-6-2-1-3-7-12/h1-3,6-7,11H,4-5,8-10H2,(H,22,26)(H,24,25). The second kappa shape index (κ2) is 8.55. The number of aryl methyl sites for hydroxylation is 1. The first kappa shape index (κ1) is 19.3. The fourth-order valence-corrected chi connectivity index (χ4v) is 5.86. The molecule has 0 atom stereocenters. The molecule has 5 nitrogen and oxygen atoms in total. The van der Waals surface area contributed by atoms with Crippen molar-refractivity contribution >= 4 is 55.4 Å². The molecule has 0 saturated heterocycles. The molecule has 0 aliphatic heterocycles. The van der Waals surface area contributed by atoms with E-state index >= 15 is 0 Å². The molecule has 2 amide bonds. The molecule has 1 aliphatic carbocycles. The number of benzene rings is 1. The number of nitrogens with zero attached hydrogens (tertiary/aromatic N) is 1. The van der Waals surface area contributed by atoms with Crippen molar-refractivity contribution in [2.24, 2.45) is 0 Å². The Balaban J connectivity index is 1.58. The normalized spacial score (nSPS) is 13.0. The van der Waals surface area contributed by atoms with Crippen LogP contribution in [0.4, 0.5) is 5.00 Å². The maximum Gasteiger partial charge on any atom is 0.256 e. The summed E-state index contributed by atoms with van der Waals surface area (Å²) in [7, 11) is 0. The molecule has 2 heterocycles. The minimum atomic E-state index is -0.195. The highest BCUT2D eigenvalue weighted by Crippen LogP contribution is 2.38. The van der Waals surface area contributed by atoms with Crippen molar-refractivity contribution in [3.8, 4) is 0 Å². The molecule has 0 radical (unpaired) electrons. The van der Waals surface area contributed by atoms with Gasteiger partial charge in [-0.25, -0.2) is 4.98 Å². The van der Waals surface area contributed by atoms with E-state index in [-0.39, 0.29) is 11.8 Å². The molecule has 0 spiro atoms. The number of thiophene rings is 1. The van der Waals surface area contributed by atoms with Crippen molar-refractivity contribution in [3.63, 3.8) is 0 Å². The predicted octanol–water partition coefficient (Wildman–Crippen LogP) is 5.03. The number of fused-ring (bicyclic) bond motifs is 1. The third-order valence-electron chi connectivity index (χ3n) is 4.61. The van der Waals surface area contributed by atoms with Gasteiger partial charge in [0.15, 0.2) is 3.92 Å². The zero-order valence-corrected chi connectivity index (χ0v) is 18.2. The van der Waals surface area contributed by atoms with Gasteiger partial charge in [0.1, 0.15) is 5.00 Å². The summed E-state index contributed by atoms with van der Waals surface area (Å²) >= 11 is 6.36. The molecular formula is C20H18BrN3O2S2. The number of carbonyl (C=O) groups is 2. The van der Waals surface area contributed by atoms with E-state index in [9.17, 15) is 9.59 Å². The van der Waals surface area contributed by atoms with Crippen molar-refractivity contribution in [2.45, 2.75) is 32.2 Å². The van der Waals surface area contributed by atoms with E-state index in [0.29, 0.717) is 22.7 Å². The molecule has 2 N–H and O–H groups in total. The van der Waals surface area contributed by atoms with Crippen LogP contribution in [0.3, 0.4) is 0 Å². The van der Waals surface area contributed by atoms with Crippen molar-refractivity contribution < 1.29 is 9.59 Å². The van der Waals surface area contributed by atoms with E-state index in [2.05, 4.69) is 31.5 Å². The third-order valence-corrected chi connectivity index (χ3v) is 7.29. The number of hydrogen-bond acceptors (Lipinski definition) is 5. The lowest BCUT2D eigenvalue weighted by Crippen LogP contribution is -2.25. The monoisotopic (exact) mass is 475 g/mol. The predicted molar refractivity (Wildman–Crippen MR) is 116 cm³/mol. The number of halogens is 1. The molecule has 144 valence electrons. The average molecular weight is 476 g/mol. The lowest BCUT2D eigenvalue weighted by atomic mass is 9.95. The Hall–Kier alpha value is -2.03. The molecular weight excluding hydrogens is 458 g/mol. The summed E-state index contributed by atoms with van der Waals surface area (Å²) in [5.41, 5.74) is 2.28. The molecule has 1 aliphatic rings. The van der Waals surface area contributed by atoms with Gasteiger partial charge in [-0.1, -0.05) is 18.2 Å². The second-order valence-corrected chi connectivity index (χ2v) is 9.99. The zero-order valence-electron chi connectivity index (χ0n) is 15.0. The van der Waals surface area contributed by atoms with Crippen molar-refractivity contribution in [2.75, 3.05) is 5.32 Å². The quantitative estimate of drug-likeness (QED) is 0.543. The van der Waals surface area contributed by atoms with Gasteiger partial charge in [-0.15, -0.1) is 22.7 Å². The van der Waals surface area contributed by atoms with Crippen LogP contribution in [0.25, 0.3) is 0 Å². The molecule has 0 bridgehead atoms. The maximum absolute atomic E-state index is 13.0. The van der Waals surface area contributed by atoms with E-state index in [1.165, 1.54) is 27.6 Å². The number of aromatic nitrogens is 1. The van der Waals surface area contributed by atoms with Gasteiger partial charge in [0, 0.05) is 21.5 Å². The molecule has 0 saturated carbocycles. The van der Waals surface area contributed by atoms with Crippen LogP contribution in [0.2, 0.25) is 0 Å². The van der Waals surface area contributed by atoms with Crippen molar-refractivity contribution in [1.29, 1.82) is 0 Å². The Morgan fingerprint density at radius 3 is 2.61 bits per heavy atom. The highest BCUT2D eigenvalue weighted by molar-refractivity contribution is 9.11. The van der Waals surface area contributed by atoms with Gasteiger partial charge in [0.2, 0.25) is 0 Å². The number of hydrogen-bond donors (Lipinski definition) is 2. The molecule has 4 rings (SSSR count). The third kappa shape index (κ3) is 4.19. The molecule has 3 aromatic rings. The van der Waals surface area contributed by atoms with Gasteiger partial charge < -0.3 is 10.6 Å². The van der Waals surface area contributed by atoms with Crippen LogP contribution in [-0.2, 0) is 19.4 Å². The lowest BCUT2D eigenvalue weighted by molar-refractivity contribution is 0.0951. The number of nitrogens with one attached hydrogen (secondary N) is 2. The summed E-state index contributed by atoms with van der Waals surface area (Å²) in [5.74, 6) is -0.341. The van der Waals surface area contributed by atoms with Gasteiger partial charge in [-0.2, -0.15) is 0 Å². The SMILES string of the molecule is O=C(Nc1sc2c(c1C(=O)NCc1cnc(Br)s1)CCCC2)c1ccccc1. The van der Waals surface area contributed by atoms with Crippen LogP contribution in [0.1, 0.15) is 48.9 Å². The van der Waals surface area contributed by atoms with E-state index in [1.807, 2.05) is 18.2 Å². The summed E-state index contributed by atoms with van der Waals surface area (Å²) in [6.45, 7) is 0.415. The summed E-state index contributed by atoms with van der Waals surface area (Å²) in [4.78, 5) is 32.0. The summed E-state index contributed by atoms with van der Waals surface area (Å²) in [6, 6.07) is 9.07. The van der Waals surface area contributed by atoms with E-state index in [4.69, 9.17) is 0 Å². The minimum Gasteiger partial charge on any atom is -0.347 e. The van der Waals surface area contributed by atoms with Gasteiger partial charge in [-0.05, 0) is 59.3 Å². The van der Waals surface area contributed by atoms with Crippen molar-refractivity contribution in [1.82, 2.24) is 10.3 Å².